The Morgan fingerprint density at radius 3 is 2.44 bits per heavy atom. The lowest BCUT2D eigenvalue weighted by Gasteiger charge is -2.45. The van der Waals surface area contributed by atoms with Gasteiger partial charge in [0.1, 0.15) is 18.5 Å². The predicted octanol–water partition coefficient (Wildman–Crippen LogP) is -1.14. The third-order valence-electron chi connectivity index (χ3n) is 5.35. The van der Waals surface area contributed by atoms with Gasteiger partial charge in [0.25, 0.3) is 0 Å². The standard InChI is InChI=1S/C16H22N6O4S/c1-9-7-21(10-3-5-11(6-4-10)27(17,25)26)15-18-13-12(22(15)8-9)14(23)19-16(24)20(13)2/h3-6,9,12-13,15,18H,7-8H2,1-2H3,(H2,17,25,26)(H,19,23,24). The molecule has 3 saturated heterocycles. The molecule has 4 N–H and O–H groups in total. The van der Waals surface area contributed by atoms with Crippen molar-refractivity contribution in [2.24, 2.45) is 11.1 Å². The van der Waals surface area contributed by atoms with Crippen molar-refractivity contribution in [3.63, 3.8) is 0 Å². The summed E-state index contributed by atoms with van der Waals surface area (Å²) in [6.07, 6.45) is -0.705. The number of imide groups is 1. The molecule has 3 amide bonds. The van der Waals surface area contributed by atoms with Gasteiger partial charge in [-0.25, -0.2) is 18.4 Å². The summed E-state index contributed by atoms with van der Waals surface area (Å²) in [6, 6.07) is 5.44. The summed E-state index contributed by atoms with van der Waals surface area (Å²) >= 11 is 0. The zero-order valence-corrected chi connectivity index (χ0v) is 15.8. The molecule has 3 aliphatic rings. The lowest BCUT2D eigenvalue weighted by molar-refractivity contribution is -0.128. The van der Waals surface area contributed by atoms with E-state index in [9.17, 15) is 18.0 Å². The minimum atomic E-state index is -3.76. The largest absolute Gasteiger partial charge is 0.343 e. The van der Waals surface area contributed by atoms with Crippen LogP contribution in [-0.2, 0) is 14.8 Å². The topological polar surface area (TPSA) is 128 Å². The first-order valence-electron chi connectivity index (χ1n) is 8.66. The predicted molar refractivity (Wildman–Crippen MR) is 96.8 cm³/mol. The van der Waals surface area contributed by atoms with Crippen molar-refractivity contribution in [3.05, 3.63) is 24.3 Å². The molecule has 1 aromatic carbocycles. The average Bonchev–Trinajstić information content (AvgIpc) is 2.98. The molecule has 11 heteroatoms. The van der Waals surface area contributed by atoms with Crippen LogP contribution in [0, 0.1) is 5.92 Å². The van der Waals surface area contributed by atoms with Crippen molar-refractivity contribution in [1.29, 1.82) is 0 Å². The Labute approximate surface area is 157 Å². The number of carbonyl (C=O) groups excluding carboxylic acids is 2. The summed E-state index contributed by atoms with van der Waals surface area (Å²) in [5, 5.41) is 10.9. The van der Waals surface area contributed by atoms with E-state index in [0.29, 0.717) is 6.54 Å². The number of hydrogen-bond acceptors (Lipinski definition) is 7. The highest BCUT2D eigenvalue weighted by molar-refractivity contribution is 7.89. The summed E-state index contributed by atoms with van der Waals surface area (Å²) in [4.78, 5) is 30.1. The van der Waals surface area contributed by atoms with E-state index in [4.69, 9.17) is 5.14 Å². The molecule has 0 aromatic heterocycles. The first-order chi connectivity index (χ1) is 12.7. The quantitative estimate of drug-likeness (QED) is 0.578. The van der Waals surface area contributed by atoms with Crippen LogP contribution in [0.25, 0.3) is 0 Å². The number of likely N-dealkylation sites (N-methyl/N-ethyl adjacent to an activating group) is 1. The molecule has 0 spiro atoms. The first-order valence-corrected chi connectivity index (χ1v) is 10.2. The molecule has 0 radical (unpaired) electrons. The molecule has 0 bridgehead atoms. The molecule has 0 saturated carbocycles. The molecule has 4 atom stereocenters. The van der Waals surface area contributed by atoms with Gasteiger partial charge in [0, 0.05) is 25.8 Å². The Balaban J connectivity index is 1.67. The van der Waals surface area contributed by atoms with Gasteiger partial charge in [0.05, 0.1) is 4.90 Å². The molecule has 3 aliphatic heterocycles. The highest BCUT2D eigenvalue weighted by Gasteiger charge is 2.54. The number of sulfonamides is 1. The van der Waals surface area contributed by atoms with Gasteiger partial charge in [0.15, 0.2) is 0 Å². The summed E-state index contributed by atoms with van der Waals surface area (Å²) in [5.41, 5.74) is 0.810. The number of nitrogens with zero attached hydrogens (tertiary/aromatic N) is 3. The van der Waals surface area contributed by atoms with Crippen molar-refractivity contribution in [2.45, 2.75) is 30.3 Å². The molecule has 3 heterocycles. The average molecular weight is 394 g/mol. The molecule has 1 aromatic rings. The van der Waals surface area contributed by atoms with Gasteiger partial charge >= 0.3 is 6.03 Å². The SMILES string of the molecule is CC1CN(c2ccc(S(N)(=O)=O)cc2)C2NC3C(C(=O)NC(=O)N3C)N2C1. The summed E-state index contributed by atoms with van der Waals surface area (Å²) in [5.74, 6) is -0.0350. The number of primary sulfonamides is 1. The lowest BCUT2D eigenvalue weighted by atomic mass is 10.0. The van der Waals surface area contributed by atoms with Gasteiger partial charge in [-0.15, -0.1) is 0 Å². The summed E-state index contributed by atoms with van der Waals surface area (Å²) < 4.78 is 23.0. The van der Waals surface area contributed by atoms with Crippen LogP contribution < -0.4 is 20.7 Å². The third kappa shape index (κ3) is 2.96. The Morgan fingerprint density at radius 1 is 1.15 bits per heavy atom. The Bertz CT molecular complexity index is 889. The minimum Gasteiger partial charge on any atom is -0.343 e. The normalized spacial score (nSPS) is 31.5. The number of nitrogens with one attached hydrogen (secondary N) is 2. The second-order valence-corrected chi connectivity index (χ2v) is 8.89. The van der Waals surface area contributed by atoms with Crippen molar-refractivity contribution in [2.75, 3.05) is 25.0 Å². The van der Waals surface area contributed by atoms with E-state index in [1.165, 1.54) is 17.0 Å². The zero-order valence-electron chi connectivity index (χ0n) is 15.0. The molecule has 146 valence electrons. The van der Waals surface area contributed by atoms with Gasteiger partial charge in [-0.3, -0.25) is 20.3 Å². The van der Waals surface area contributed by atoms with Crippen LogP contribution in [0.2, 0.25) is 0 Å². The van der Waals surface area contributed by atoms with Crippen molar-refractivity contribution in [1.82, 2.24) is 20.4 Å². The maximum Gasteiger partial charge on any atom is 0.325 e. The van der Waals surface area contributed by atoms with Crippen LogP contribution >= 0.6 is 0 Å². The summed E-state index contributed by atoms with van der Waals surface area (Å²) in [6.45, 7) is 3.52. The molecule has 10 nitrogen and oxygen atoms in total. The maximum absolute atomic E-state index is 12.5. The van der Waals surface area contributed by atoms with Crippen LogP contribution in [-0.4, -0.2) is 68.8 Å². The third-order valence-corrected chi connectivity index (χ3v) is 6.28. The van der Waals surface area contributed by atoms with E-state index in [1.807, 2.05) is 4.90 Å². The van der Waals surface area contributed by atoms with Gasteiger partial charge in [0.2, 0.25) is 15.9 Å². The second kappa shape index (κ2) is 6.16. The number of carbonyl (C=O) groups is 2. The van der Waals surface area contributed by atoms with Crippen LogP contribution in [0.4, 0.5) is 10.5 Å². The number of hydrogen-bond donors (Lipinski definition) is 3. The van der Waals surface area contributed by atoms with E-state index in [2.05, 4.69) is 22.5 Å². The molecular formula is C16H22N6O4S. The van der Waals surface area contributed by atoms with Crippen LogP contribution in [0.1, 0.15) is 6.92 Å². The fourth-order valence-corrected chi connectivity index (χ4v) is 4.61. The molecule has 4 rings (SSSR count). The van der Waals surface area contributed by atoms with E-state index in [1.54, 1.807) is 19.2 Å². The van der Waals surface area contributed by atoms with Crippen molar-refractivity contribution < 1.29 is 18.0 Å². The molecule has 27 heavy (non-hydrogen) atoms. The zero-order chi connectivity index (χ0) is 19.5. The molecule has 0 aliphatic carbocycles. The number of nitrogens with two attached hydrogens (primary N) is 1. The van der Waals surface area contributed by atoms with Crippen LogP contribution in [0.15, 0.2) is 29.2 Å². The molecular weight excluding hydrogens is 372 g/mol. The molecule has 3 fully saturated rings. The number of anilines is 1. The monoisotopic (exact) mass is 394 g/mol. The minimum absolute atomic E-state index is 0.0472. The maximum atomic E-state index is 12.5. The Hall–Kier alpha value is -2.21. The van der Waals surface area contributed by atoms with Crippen LogP contribution in [0.3, 0.4) is 0 Å². The lowest BCUT2D eigenvalue weighted by Crippen LogP contribution is -2.65. The number of rotatable bonds is 2. The Kier molecular flexibility index (Phi) is 4.14. The van der Waals surface area contributed by atoms with Crippen LogP contribution in [0.5, 0.6) is 0 Å². The Morgan fingerprint density at radius 2 is 1.81 bits per heavy atom. The van der Waals surface area contributed by atoms with E-state index >= 15 is 0 Å². The van der Waals surface area contributed by atoms with E-state index in [-0.39, 0.29) is 23.0 Å². The van der Waals surface area contributed by atoms with Gasteiger partial charge < -0.3 is 9.80 Å². The molecule has 4 unspecified atom stereocenters. The van der Waals surface area contributed by atoms with Gasteiger partial charge in [-0.2, -0.15) is 0 Å². The van der Waals surface area contributed by atoms with E-state index < -0.39 is 28.3 Å². The highest BCUT2D eigenvalue weighted by atomic mass is 32.2. The van der Waals surface area contributed by atoms with E-state index in [0.717, 1.165) is 12.2 Å². The fraction of sp³-hybridized carbons (Fsp3) is 0.500. The van der Waals surface area contributed by atoms with Crippen molar-refractivity contribution >= 4 is 27.6 Å². The number of benzene rings is 1. The number of amides is 3. The summed E-state index contributed by atoms with van der Waals surface area (Å²) in [7, 11) is -2.11. The highest BCUT2D eigenvalue weighted by Crippen LogP contribution is 2.33. The number of urea groups is 1. The second-order valence-electron chi connectivity index (χ2n) is 7.33. The van der Waals surface area contributed by atoms with Crippen molar-refractivity contribution in [3.8, 4) is 0 Å². The fourth-order valence-electron chi connectivity index (χ4n) is 4.09. The van der Waals surface area contributed by atoms with Gasteiger partial charge in [-0.05, 0) is 30.2 Å². The van der Waals surface area contributed by atoms with Gasteiger partial charge in [-0.1, -0.05) is 6.92 Å². The smallest absolute Gasteiger partial charge is 0.325 e. The number of fused-ring (bicyclic) bond motifs is 3. The first kappa shape index (κ1) is 18.2.